The van der Waals surface area contributed by atoms with E-state index in [2.05, 4.69) is 15.9 Å². The molecular weight excluding hydrogens is 330 g/mol. The molecule has 0 heterocycles. The molecule has 0 bridgehead atoms. The monoisotopic (exact) mass is 349 g/mol. The van der Waals surface area contributed by atoms with Gasteiger partial charge >= 0.3 is 0 Å². The molecular formula is C17H20BrNO2. The summed E-state index contributed by atoms with van der Waals surface area (Å²) in [5.74, 6) is 0.652. The average Bonchev–Trinajstić information content (AvgIpc) is 2.48. The Kier molecular flexibility index (Phi) is 5.39. The molecule has 2 rings (SSSR count). The van der Waals surface area contributed by atoms with Gasteiger partial charge in [0.25, 0.3) is 0 Å². The Morgan fingerprint density at radius 3 is 2.38 bits per heavy atom. The first-order valence-corrected chi connectivity index (χ1v) is 7.64. The maximum atomic E-state index is 10.7. The highest BCUT2D eigenvalue weighted by Crippen LogP contribution is 2.33. The molecule has 3 nitrogen and oxygen atoms in total. The van der Waals surface area contributed by atoms with Crippen LogP contribution in [-0.2, 0) is 0 Å². The summed E-state index contributed by atoms with van der Waals surface area (Å²) < 4.78 is 6.17. The highest BCUT2D eigenvalue weighted by molar-refractivity contribution is 9.10. The molecule has 21 heavy (non-hydrogen) atoms. The van der Waals surface area contributed by atoms with Crippen molar-refractivity contribution in [2.24, 2.45) is 5.73 Å². The van der Waals surface area contributed by atoms with Gasteiger partial charge in [0.15, 0.2) is 0 Å². The fourth-order valence-electron chi connectivity index (χ4n) is 2.49. The first kappa shape index (κ1) is 16.0. The number of halogens is 1. The number of ether oxygens (including phenoxy) is 1. The van der Waals surface area contributed by atoms with Gasteiger partial charge in [0.2, 0.25) is 0 Å². The fourth-order valence-corrected chi connectivity index (χ4v) is 2.96. The number of aliphatic hydroxyl groups is 1. The van der Waals surface area contributed by atoms with Gasteiger partial charge in [-0.05, 0) is 47.9 Å². The van der Waals surface area contributed by atoms with E-state index in [4.69, 9.17) is 10.5 Å². The van der Waals surface area contributed by atoms with E-state index >= 15 is 0 Å². The van der Waals surface area contributed by atoms with E-state index in [0.29, 0.717) is 6.54 Å². The predicted molar refractivity (Wildman–Crippen MR) is 88.6 cm³/mol. The van der Waals surface area contributed by atoms with Crippen molar-refractivity contribution in [2.75, 3.05) is 13.7 Å². The molecule has 0 amide bonds. The molecule has 0 aromatic heterocycles. The van der Waals surface area contributed by atoms with E-state index in [0.717, 1.165) is 26.9 Å². The first-order valence-electron chi connectivity index (χ1n) is 6.85. The third kappa shape index (κ3) is 3.64. The number of aryl methyl sites for hydroxylation is 1. The van der Waals surface area contributed by atoms with Crippen molar-refractivity contribution >= 4 is 15.9 Å². The highest BCUT2D eigenvalue weighted by Gasteiger charge is 2.23. The Morgan fingerprint density at radius 1 is 1.19 bits per heavy atom. The zero-order valence-corrected chi connectivity index (χ0v) is 13.8. The maximum Gasteiger partial charge on any atom is 0.118 e. The normalized spacial score (nSPS) is 13.8. The van der Waals surface area contributed by atoms with Gasteiger partial charge in [-0.15, -0.1) is 0 Å². The number of methoxy groups -OCH3 is 1. The summed E-state index contributed by atoms with van der Waals surface area (Å²) in [6, 6.07) is 13.6. The summed E-state index contributed by atoms with van der Waals surface area (Å²) >= 11 is 3.44. The van der Waals surface area contributed by atoms with Crippen molar-refractivity contribution in [3.63, 3.8) is 0 Å². The lowest BCUT2D eigenvalue weighted by molar-refractivity contribution is 0.146. The van der Waals surface area contributed by atoms with E-state index < -0.39 is 6.10 Å². The second-order valence-electron chi connectivity index (χ2n) is 5.06. The minimum absolute atomic E-state index is 0.143. The number of nitrogens with two attached hydrogens (primary N) is 1. The molecule has 0 fully saturated rings. The molecule has 2 aromatic carbocycles. The van der Waals surface area contributed by atoms with Crippen molar-refractivity contribution < 1.29 is 9.84 Å². The van der Waals surface area contributed by atoms with E-state index in [9.17, 15) is 5.11 Å². The Labute approximate surface area is 133 Å². The molecule has 0 aliphatic heterocycles. The summed E-state index contributed by atoms with van der Waals surface area (Å²) in [6.45, 7) is 2.37. The topological polar surface area (TPSA) is 55.5 Å². The summed E-state index contributed by atoms with van der Waals surface area (Å²) in [5.41, 5.74) is 8.85. The lowest BCUT2D eigenvalue weighted by atomic mass is 9.87. The Morgan fingerprint density at radius 2 is 1.86 bits per heavy atom. The largest absolute Gasteiger partial charge is 0.497 e. The van der Waals surface area contributed by atoms with Gasteiger partial charge in [0, 0.05) is 16.9 Å². The average molecular weight is 350 g/mol. The number of rotatable bonds is 5. The molecule has 112 valence electrons. The number of hydrogen-bond donors (Lipinski definition) is 2. The Bertz CT molecular complexity index is 598. The van der Waals surface area contributed by atoms with Crippen LogP contribution in [-0.4, -0.2) is 18.8 Å². The highest BCUT2D eigenvalue weighted by atomic mass is 79.9. The van der Waals surface area contributed by atoms with Crippen LogP contribution in [0.15, 0.2) is 46.9 Å². The molecule has 0 aliphatic carbocycles. The first-order chi connectivity index (χ1) is 10.1. The van der Waals surface area contributed by atoms with Crippen LogP contribution in [0.5, 0.6) is 5.75 Å². The fraction of sp³-hybridized carbons (Fsp3) is 0.294. The van der Waals surface area contributed by atoms with Gasteiger partial charge in [0.05, 0.1) is 13.2 Å². The minimum Gasteiger partial charge on any atom is -0.497 e. The van der Waals surface area contributed by atoms with Gasteiger partial charge < -0.3 is 15.6 Å². The lowest BCUT2D eigenvalue weighted by Gasteiger charge is -2.24. The summed E-state index contributed by atoms with van der Waals surface area (Å²) in [5, 5.41) is 10.7. The van der Waals surface area contributed by atoms with Gasteiger partial charge in [-0.2, -0.15) is 0 Å². The molecule has 0 saturated heterocycles. The minimum atomic E-state index is -0.628. The predicted octanol–water partition coefficient (Wildman–Crippen LogP) is 3.54. The standard InChI is InChI=1S/C17H20BrNO2/c1-11-9-13(18)5-8-15(11)17(20)16(10-19)12-3-6-14(21-2)7-4-12/h3-9,16-17,20H,10,19H2,1-2H3. The SMILES string of the molecule is COc1ccc(C(CN)C(O)c2ccc(Br)cc2C)cc1. The van der Waals surface area contributed by atoms with E-state index in [1.807, 2.05) is 49.4 Å². The molecule has 0 radical (unpaired) electrons. The van der Waals surface area contributed by atoms with Crippen LogP contribution in [0.4, 0.5) is 0 Å². The summed E-state index contributed by atoms with van der Waals surface area (Å²) in [4.78, 5) is 0. The number of aliphatic hydroxyl groups excluding tert-OH is 1. The zero-order chi connectivity index (χ0) is 15.4. The molecule has 0 aliphatic rings. The second kappa shape index (κ2) is 7.07. The molecule has 2 unspecified atom stereocenters. The van der Waals surface area contributed by atoms with Gasteiger partial charge in [-0.25, -0.2) is 0 Å². The van der Waals surface area contributed by atoms with Crippen LogP contribution in [0.1, 0.15) is 28.7 Å². The molecule has 4 heteroatoms. The number of hydrogen-bond acceptors (Lipinski definition) is 3. The van der Waals surface area contributed by atoms with Crippen molar-refractivity contribution in [3.8, 4) is 5.75 Å². The van der Waals surface area contributed by atoms with E-state index in [1.54, 1.807) is 7.11 Å². The van der Waals surface area contributed by atoms with Crippen LogP contribution in [0, 0.1) is 6.92 Å². The number of benzene rings is 2. The van der Waals surface area contributed by atoms with Crippen LogP contribution >= 0.6 is 15.9 Å². The maximum absolute atomic E-state index is 10.7. The molecule has 0 saturated carbocycles. The zero-order valence-electron chi connectivity index (χ0n) is 12.2. The smallest absolute Gasteiger partial charge is 0.118 e. The summed E-state index contributed by atoms with van der Waals surface area (Å²) in [7, 11) is 1.63. The third-order valence-electron chi connectivity index (χ3n) is 3.73. The van der Waals surface area contributed by atoms with Gasteiger partial charge in [-0.1, -0.05) is 34.1 Å². The van der Waals surface area contributed by atoms with Gasteiger partial charge in [0.1, 0.15) is 5.75 Å². The van der Waals surface area contributed by atoms with Gasteiger partial charge in [-0.3, -0.25) is 0 Å². The molecule has 0 spiro atoms. The van der Waals surface area contributed by atoms with Crippen molar-refractivity contribution in [2.45, 2.75) is 18.9 Å². The van der Waals surface area contributed by atoms with E-state index in [-0.39, 0.29) is 5.92 Å². The third-order valence-corrected chi connectivity index (χ3v) is 4.22. The molecule has 2 aromatic rings. The Balaban J connectivity index is 2.30. The van der Waals surface area contributed by atoms with Crippen molar-refractivity contribution in [3.05, 3.63) is 63.6 Å². The summed E-state index contributed by atoms with van der Waals surface area (Å²) in [6.07, 6.45) is -0.628. The Hall–Kier alpha value is -1.36. The lowest BCUT2D eigenvalue weighted by Crippen LogP contribution is -2.20. The second-order valence-corrected chi connectivity index (χ2v) is 5.98. The molecule has 3 N–H and O–H groups in total. The van der Waals surface area contributed by atoms with Crippen LogP contribution < -0.4 is 10.5 Å². The van der Waals surface area contributed by atoms with Crippen LogP contribution in [0.2, 0.25) is 0 Å². The van der Waals surface area contributed by atoms with Crippen LogP contribution in [0.3, 0.4) is 0 Å². The molecule has 2 atom stereocenters. The van der Waals surface area contributed by atoms with Crippen LogP contribution in [0.25, 0.3) is 0 Å². The van der Waals surface area contributed by atoms with E-state index in [1.165, 1.54) is 0 Å². The van der Waals surface area contributed by atoms with Crippen molar-refractivity contribution in [1.29, 1.82) is 0 Å². The van der Waals surface area contributed by atoms with Crippen molar-refractivity contribution in [1.82, 2.24) is 0 Å². The quantitative estimate of drug-likeness (QED) is 0.867.